The number of piperidine rings is 1. The van der Waals surface area contributed by atoms with Crippen molar-refractivity contribution < 1.29 is 46.0 Å². The van der Waals surface area contributed by atoms with Crippen LogP contribution in [0.15, 0.2) is 48.8 Å². The number of alkyl halides is 2. The van der Waals surface area contributed by atoms with Crippen LogP contribution in [0.25, 0.3) is 0 Å². The van der Waals surface area contributed by atoms with E-state index >= 15 is 0 Å². The number of hydrogen-bond donors (Lipinski definition) is 1. The fourth-order valence-electron chi connectivity index (χ4n) is 6.27. The number of rotatable bonds is 19. The molecular weight excluding hydrogens is 767 g/mol. The van der Waals surface area contributed by atoms with Gasteiger partial charge < -0.3 is 29.0 Å². The third-order valence-electron chi connectivity index (χ3n) is 9.75. The maximum absolute atomic E-state index is 14.0. The van der Waals surface area contributed by atoms with Gasteiger partial charge in [-0.15, -0.1) is 0 Å². The molecule has 1 aliphatic heterocycles. The Labute approximate surface area is 324 Å². The summed E-state index contributed by atoms with van der Waals surface area (Å²) in [4.78, 5) is 20.2. The van der Waals surface area contributed by atoms with E-state index < -0.39 is 28.7 Å². The molecule has 3 aromatic rings. The number of aliphatic hydroxyl groups excluding tert-OH is 1. The number of halogens is 4. The molecular formula is C38H45Cl2F2N3O8S. The van der Waals surface area contributed by atoms with Gasteiger partial charge in [0.2, 0.25) is 10.0 Å². The second kappa shape index (κ2) is 18.0. The molecule has 6 rings (SSSR count). The molecule has 0 bridgehead atoms. The Morgan fingerprint density at radius 2 is 1.59 bits per heavy atom. The van der Waals surface area contributed by atoms with Crippen molar-refractivity contribution in [3.8, 4) is 17.2 Å². The van der Waals surface area contributed by atoms with E-state index in [0.29, 0.717) is 67.7 Å². The maximum atomic E-state index is 14.0. The number of anilines is 1. The van der Waals surface area contributed by atoms with E-state index in [-0.39, 0.29) is 51.9 Å². The first-order valence-electron chi connectivity index (χ1n) is 18.2. The van der Waals surface area contributed by atoms with Gasteiger partial charge in [-0.2, -0.15) is 8.78 Å². The lowest BCUT2D eigenvalue weighted by molar-refractivity contribution is -0.0515. The van der Waals surface area contributed by atoms with Crippen LogP contribution >= 0.6 is 23.2 Å². The third kappa shape index (κ3) is 11.3. The zero-order valence-corrected chi connectivity index (χ0v) is 32.3. The Morgan fingerprint density at radius 1 is 0.944 bits per heavy atom. The number of aliphatic hydroxyl groups is 1. The molecule has 0 unspecified atom stereocenters. The van der Waals surface area contributed by atoms with Crippen molar-refractivity contribution in [2.24, 2.45) is 11.8 Å². The SMILES string of the molecule is CS(=O)(=O)N(CCCN1CCC(O)CC1)c1ccc(C(=O)O[C@@H](Cc2c(Cl)cncc2Cl)c2ccc(OC(F)F)c(OCC3CC3)c2)cc1OCC1CC1. The number of carbonyl (C=O) groups is 1. The molecule has 294 valence electrons. The highest BCUT2D eigenvalue weighted by Gasteiger charge is 2.29. The molecule has 0 spiro atoms. The van der Waals surface area contributed by atoms with Crippen molar-refractivity contribution in [1.82, 2.24) is 9.88 Å². The molecule has 1 N–H and O–H groups in total. The van der Waals surface area contributed by atoms with Crippen molar-refractivity contribution in [3.05, 3.63) is 75.5 Å². The Kier molecular flexibility index (Phi) is 13.4. The van der Waals surface area contributed by atoms with Gasteiger partial charge in [-0.05, 0) is 105 Å². The lowest BCUT2D eigenvalue weighted by Crippen LogP contribution is -2.38. The quantitative estimate of drug-likeness (QED) is 0.123. The van der Waals surface area contributed by atoms with Crippen LogP contribution in [-0.4, -0.2) is 87.7 Å². The number of aromatic nitrogens is 1. The zero-order valence-electron chi connectivity index (χ0n) is 30.0. The van der Waals surface area contributed by atoms with Crippen molar-refractivity contribution in [2.75, 3.05) is 50.0 Å². The van der Waals surface area contributed by atoms with Gasteiger partial charge >= 0.3 is 12.6 Å². The number of benzene rings is 2. The molecule has 0 amide bonds. The Balaban J connectivity index is 1.28. The number of hydrogen-bond acceptors (Lipinski definition) is 10. The standard InChI is InChI=1S/C38H45Cl2F2N3O8S/c1-54(48,49)45(14-2-13-44-15-11-28(46)12-16-44)32-9-7-27(18-35(32)50-22-24-3-4-24)37(47)52-34(19-29-30(39)20-43-21-31(29)40)26-8-10-33(53-38(41)42)36(17-26)51-23-25-5-6-25/h7-10,17-18,20-21,24-25,28,34,38,46H,2-6,11-16,19,22-23H2,1H3/t34-/m0/s1. The van der Waals surface area contributed by atoms with Gasteiger partial charge in [-0.1, -0.05) is 29.3 Å². The summed E-state index contributed by atoms with van der Waals surface area (Å²) in [6, 6.07) is 8.86. The average molecular weight is 813 g/mol. The molecule has 3 aliphatic rings. The molecule has 2 heterocycles. The van der Waals surface area contributed by atoms with Gasteiger partial charge in [0.15, 0.2) is 11.5 Å². The zero-order chi connectivity index (χ0) is 38.4. The number of ether oxygens (including phenoxy) is 4. The summed E-state index contributed by atoms with van der Waals surface area (Å²) in [6.45, 7) is -0.0597. The number of nitrogens with zero attached hydrogens (tertiary/aromatic N) is 3. The topological polar surface area (TPSA) is 128 Å². The fraction of sp³-hybridized carbons (Fsp3) is 0.526. The molecule has 2 aromatic carbocycles. The molecule has 2 aliphatic carbocycles. The van der Waals surface area contributed by atoms with Crippen LogP contribution in [-0.2, 0) is 21.2 Å². The van der Waals surface area contributed by atoms with Crippen LogP contribution in [0.2, 0.25) is 10.0 Å². The molecule has 2 saturated carbocycles. The van der Waals surface area contributed by atoms with Gasteiger partial charge in [0.05, 0.1) is 46.9 Å². The van der Waals surface area contributed by atoms with Crippen LogP contribution < -0.4 is 18.5 Å². The minimum atomic E-state index is -3.75. The summed E-state index contributed by atoms with van der Waals surface area (Å²) in [7, 11) is -3.75. The largest absolute Gasteiger partial charge is 0.491 e. The van der Waals surface area contributed by atoms with Gasteiger partial charge in [0.1, 0.15) is 11.9 Å². The van der Waals surface area contributed by atoms with Crippen LogP contribution in [0.4, 0.5) is 14.5 Å². The van der Waals surface area contributed by atoms with E-state index in [0.717, 1.165) is 45.0 Å². The molecule has 3 fully saturated rings. The predicted molar refractivity (Wildman–Crippen MR) is 201 cm³/mol. The number of sulfonamides is 1. The third-order valence-corrected chi connectivity index (χ3v) is 11.6. The van der Waals surface area contributed by atoms with Gasteiger partial charge in [-0.3, -0.25) is 9.29 Å². The van der Waals surface area contributed by atoms with E-state index in [9.17, 15) is 27.1 Å². The smallest absolute Gasteiger partial charge is 0.387 e. The summed E-state index contributed by atoms with van der Waals surface area (Å²) in [6.07, 6.45) is 8.48. The van der Waals surface area contributed by atoms with E-state index in [1.54, 1.807) is 6.07 Å². The molecule has 11 nitrogen and oxygen atoms in total. The first-order chi connectivity index (χ1) is 25.8. The summed E-state index contributed by atoms with van der Waals surface area (Å²) in [5, 5.41) is 10.3. The van der Waals surface area contributed by atoms with Crippen LogP contribution in [0.5, 0.6) is 17.2 Å². The summed E-state index contributed by atoms with van der Waals surface area (Å²) in [5.41, 5.74) is 1.27. The summed E-state index contributed by atoms with van der Waals surface area (Å²) in [5.74, 6) is 0.0460. The predicted octanol–water partition coefficient (Wildman–Crippen LogP) is 7.32. The van der Waals surface area contributed by atoms with E-state index in [2.05, 4.69) is 9.88 Å². The van der Waals surface area contributed by atoms with E-state index in [4.69, 9.17) is 42.1 Å². The first kappa shape index (κ1) is 40.2. The number of pyridine rings is 1. The lowest BCUT2D eigenvalue weighted by atomic mass is 10.0. The van der Waals surface area contributed by atoms with Gasteiger partial charge in [0, 0.05) is 38.4 Å². The minimum Gasteiger partial charge on any atom is -0.491 e. The monoisotopic (exact) mass is 811 g/mol. The molecule has 1 saturated heterocycles. The number of esters is 1. The molecule has 1 atom stereocenters. The highest BCUT2D eigenvalue weighted by molar-refractivity contribution is 7.92. The Bertz CT molecular complexity index is 1850. The second-order valence-electron chi connectivity index (χ2n) is 14.2. The number of likely N-dealkylation sites (tertiary alicyclic amines) is 1. The van der Waals surface area contributed by atoms with Crippen molar-refractivity contribution in [3.63, 3.8) is 0 Å². The second-order valence-corrected chi connectivity index (χ2v) is 16.9. The minimum absolute atomic E-state index is 0.00397. The molecule has 54 heavy (non-hydrogen) atoms. The van der Waals surface area contributed by atoms with Gasteiger partial charge in [-0.25, -0.2) is 13.2 Å². The van der Waals surface area contributed by atoms with Crippen molar-refractivity contribution >= 4 is 44.9 Å². The van der Waals surface area contributed by atoms with E-state index in [1.165, 1.54) is 47.0 Å². The maximum Gasteiger partial charge on any atom is 0.387 e. The molecule has 1 aromatic heterocycles. The normalized spacial score (nSPS) is 17.3. The number of carbonyl (C=O) groups excluding carboxylic acids is 1. The summed E-state index contributed by atoms with van der Waals surface area (Å²) >= 11 is 13.0. The highest BCUT2D eigenvalue weighted by atomic mass is 35.5. The van der Waals surface area contributed by atoms with Crippen LogP contribution in [0.3, 0.4) is 0 Å². The average Bonchev–Trinajstić information content (AvgIpc) is 4.06. The van der Waals surface area contributed by atoms with Crippen LogP contribution in [0.1, 0.15) is 72.5 Å². The first-order valence-corrected chi connectivity index (χ1v) is 20.8. The fourth-order valence-corrected chi connectivity index (χ4v) is 7.75. The summed E-state index contributed by atoms with van der Waals surface area (Å²) < 4.78 is 77.1. The highest BCUT2D eigenvalue weighted by Crippen LogP contribution is 2.39. The molecule has 16 heteroatoms. The van der Waals surface area contributed by atoms with Crippen LogP contribution in [0, 0.1) is 11.8 Å². The van der Waals surface area contributed by atoms with Crippen molar-refractivity contribution in [1.29, 1.82) is 0 Å². The van der Waals surface area contributed by atoms with Gasteiger partial charge in [0.25, 0.3) is 0 Å². The van der Waals surface area contributed by atoms with E-state index in [1.807, 2.05) is 0 Å². The van der Waals surface area contributed by atoms with Crippen molar-refractivity contribution in [2.45, 2.75) is 70.2 Å². The Hall–Kier alpha value is -3.43. The lowest BCUT2D eigenvalue weighted by Gasteiger charge is -2.31. The Morgan fingerprint density at radius 3 is 2.20 bits per heavy atom. The molecule has 0 radical (unpaired) electrons.